The van der Waals surface area contributed by atoms with Gasteiger partial charge < -0.3 is 5.73 Å². The Morgan fingerprint density at radius 1 is 1.23 bits per heavy atom. The minimum absolute atomic E-state index is 0.0132. The fourth-order valence-electron chi connectivity index (χ4n) is 3.11. The number of rotatable bonds is 2. The van der Waals surface area contributed by atoms with Crippen molar-refractivity contribution in [1.29, 1.82) is 0 Å². The van der Waals surface area contributed by atoms with Crippen LogP contribution in [-0.4, -0.2) is 11.8 Å². The molecule has 0 aliphatic heterocycles. The molecule has 1 saturated carbocycles. The van der Waals surface area contributed by atoms with E-state index in [9.17, 15) is 26.7 Å². The van der Waals surface area contributed by atoms with E-state index in [1.54, 1.807) is 0 Å². The number of halogens is 5. The molecule has 1 aromatic rings. The van der Waals surface area contributed by atoms with Crippen LogP contribution in [0.1, 0.15) is 58.6 Å². The summed E-state index contributed by atoms with van der Waals surface area (Å²) < 4.78 is 65.5. The third-order valence-corrected chi connectivity index (χ3v) is 4.21. The second-order valence-electron chi connectivity index (χ2n) is 5.69. The highest BCUT2D eigenvalue weighted by atomic mass is 19.4. The maximum absolute atomic E-state index is 13.3. The summed E-state index contributed by atoms with van der Waals surface area (Å²) in [5.41, 5.74) is 4.43. The lowest BCUT2D eigenvalue weighted by atomic mass is 9.77. The van der Waals surface area contributed by atoms with Crippen LogP contribution in [0.3, 0.4) is 0 Å². The molecule has 1 aromatic carbocycles. The standard InChI is InChI=1S/C15H16F5NO/c1-8-11(15(18,19)20)3-2-10(13(21)22)12(8)9-4-6-14(16,17)7-5-9/h2-3,9H,4-7H2,1H3,(H2,21,22). The van der Waals surface area contributed by atoms with Crippen LogP contribution in [0, 0.1) is 6.92 Å². The molecule has 1 aliphatic carbocycles. The maximum atomic E-state index is 13.3. The van der Waals surface area contributed by atoms with Crippen LogP contribution in [0.15, 0.2) is 12.1 Å². The molecule has 0 heterocycles. The molecule has 0 radical (unpaired) electrons. The summed E-state index contributed by atoms with van der Waals surface area (Å²) in [6, 6.07) is 1.86. The van der Waals surface area contributed by atoms with Crippen molar-refractivity contribution in [2.75, 3.05) is 0 Å². The second kappa shape index (κ2) is 5.52. The summed E-state index contributed by atoms with van der Waals surface area (Å²) in [6.45, 7) is 1.26. The van der Waals surface area contributed by atoms with Crippen LogP contribution < -0.4 is 5.73 Å². The van der Waals surface area contributed by atoms with E-state index in [0.717, 1.165) is 12.1 Å². The van der Waals surface area contributed by atoms with Gasteiger partial charge in [-0.05, 0) is 48.9 Å². The van der Waals surface area contributed by atoms with Crippen molar-refractivity contribution in [3.63, 3.8) is 0 Å². The number of benzene rings is 1. The number of primary amides is 1. The van der Waals surface area contributed by atoms with Crippen LogP contribution >= 0.6 is 0 Å². The van der Waals surface area contributed by atoms with Crippen molar-refractivity contribution < 1.29 is 26.7 Å². The average molecular weight is 321 g/mol. The van der Waals surface area contributed by atoms with Gasteiger partial charge in [-0.25, -0.2) is 8.78 Å². The van der Waals surface area contributed by atoms with Gasteiger partial charge in [-0.3, -0.25) is 4.79 Å². The first-order valence-corrected chi connectivity index (χ1v) is 6.91. The number of nitrogens with two attached hydrogens (primary N) is 1. The fourth-order valence-corrected chi connectivity index (χ4v) is 3.11. The van der Waals surface area contributed by atoms with E-state index >= 15 is 0 Å². The SMILES string of the molecule is Cc1c(C(F)(F)F)ccc(C(N)=O)c1C1CCC(F)(F)CC1. The Labute approximate surface area is 124 Å². The molecule has 1 fully saturated rings. The van der Waals surface area contributed by atoms with E-state index < -0.39 is 42.3 Å². The first-order valence-electron chi connectivity index (χ1n) is 6.91. The Morgan fingerprint density at radius 3 is 2.23 bits per heavy atom. The van der Waals surface area contributed by atoms with Crippen LogP contribution in [0.5, 0.6) is 0 Å². The van der Waals surface area contributed by atoms with Crippen molar-refractivity contribution in [2.45, 2.75) is 50.6 Å². The number of amides is 1. The molecular formula is C15H16F5NO. The molecule has 2 N–H and O–H groups in total. The molecule has 0 spiro atoms. The van der Waals surface area contributed by atoms with Crippen molar-refractivity contribution in [2.24, 2.45) is 5.73 Å². The summed E-state index contributed by atoms with van der Waals surface area (Å²) in [4.78, 5) is 11.5. The average Bonchev–Trinajstić information content (AvgIpc) is 2.37. The summed E-state index contributed by atoms with van der Waals surface area (Å²) in [5, 5.41) is 0. The van der Waals surface area contributed by atoms with Crippen LogP contribution in [0.4, 0.5) is 22.0 Å². The summed E-state index contributed by atoms with van der Waals surface area (Å²) >= 11 is 0. The van der Waals surface area contributed by atoms with E-state index in [2.05, 4.69) is 0 Å². The Balaban J connectivity index is 2.50. The minimum Gasteiger partial charge on any atom is -0.366 e. The van der Waals surface area contributed by atoms with Gasteiger partial charge in [0.25, 0.3) is 0 Å². The Hall–Kier alpha value is -1.66. The lowest BCUT2D eigenvalue weighted by molar-refractivity contribution is -0.138. The zero-order valence-corrected chi connectivity index (χ0v) is 11.9. The number of hydrogen-bond acceptors (Lipinski definition) is 1. The highest BCUT2D eigenvalue weighted by Crippen LogP contribution is 2.44. The molecule has 2 nitrogen and oxygen atoms in total. The Bertz CT molecular complexity index is 584. The van der Waals surface area contributed by atoms with Crippen molar-refractivity contribution in [3.05, 3.63) is 34.4 Å². The molecule has 2 rings (SSSR count). The topological polar surface area (TPSA) is 43.1 Å². The molecule has 0 unspecified atom stereocenters. The molecule has 7 heteroatoms. The van der Waals surface area contributed by atoms with Crippen molar-refractivity contribution >= 4 is 5.91 Å². The molecular weight excluding hydrogens is 305 g/mol. The van der Waals surface area contributed by atoms with E-state index in [-0.39, 0.29) is 29.5 Å². The maximum Gasteiger partial charge on any atom is 0.416 e. The second-order valence-corrected chi connectivity index (χ2v) is 5.69. The third kappa shape index (κ3) is 3.23. The van der Waals surface area contributed by atoms with Gasteiger partial charge in [-0.1, -0.05) is 0 Å². The number of carbonyl (C=O) groups excluding carboxylic acids is 1. The zero-order chi connectivity index (χ0) is 16.7. The highest BCUT2D eigenvalue weighted by molar-refractivity contribution is 5.95. The van der Waals surface area contributed by atoms with Gasteiger partial charge in [-0.2, -0.15) is 13.2 Å². The summed E-state index contributed by atoms with van der Waals surface area (Å²) in [6.07, 6.45) is -5.28. The summed E-state index contributed by atoms with van der Waals surface area (Å²) in [5.74, 6) is -4.15. The van der Waals surface area contributed by atoms with E-state index in [4.69, 9.17) is 5.73 Å². The molecule has 0 aromatic heterocycles. The molecule has 0 atom stereocenters. The molecule has 122 valence electrons. The van der Waals surface area contributed by atoms with Gasteiger partial charge in [0.1, 0.15) is 0 Å². The predicted octanol–water partition coefficient (Wildman–Crippen LogP) is 4.41. The molecule has 0 saturated heterocycles. The molecule has 1 amide bonds. The van der Waals surface area contributed by atoms with E-state index in [1.165, 1.54) is 6.92 Å². The Morgan fingerprint density at radius 2 is 1.77 bits per heavy atom. The minimum atomic E-state index is -4.56. The molecule has 22 heavy (non-hydrogen) atoms. The summed E-state index contributed by atoms with van der Waals surface area (Å²) in [7, 11) is 0. The van der Waals surface area contributed by atoms with Gasteiger partial charge in [0.2, 0.25) is 11.8 Å². The number of carbonyl (C=O) groups is 1. The van der Waals surface area contributed by atoms with Gasteiger partial charge in [0.15, 0.2) is 0 Å². The van der Waals surface area contributed by atoms with E-state index in [1.807, 2.05) is 0 Å². The Kier molecular flexibility index (Phi) is 4.19. The monoisotopic (exact) mass is 321 g/mol. The largest absolute Gasteiger partial charge is 0.416 e. The van der Waals surface area contributed by atoms with Crippen LogP contribution in [0.2, 0.25) is 0 Å². The lowest BCUT2D eigenvalue weighted by Gasteiger charge is -2.31. The van der Waals surface area contributed by atoms with Crippen LogP contribution in [0.25, 0.3) is 0 Å². The predicted molar refractivity (Wildman–Crippen MR) is 70.9 cm³/mol. The normalized spacial score (nSPS) is 19.2. The quantitative estimate of drug-likeness (QED) is 0.806. The van der Waals surface area contributed by atoms with Crippen molar-refractivity contribution in [1.82, 2.24) is 0 Å². The smallest absolute Gasteiger partial charge is 0.366 e. The third-order valence-electron chi connectivity index (χ3n) is 4.21. The van der Waals surface area contributed by atoms with Gasteiger partial charge in [0, 0.05) is 18.4 Å². The molecule has 0 bridgehead atoms. The van der Waals surface area contributed by atoms with Crippen LogP contribution in [-0.2, 0) is 6.18 Å². The lowest BCUT2D eigenvalue weighted by Crippen LogP contribution is -2.26. The van der Waals surface area contributed by atoms with Crippen molar-refractivity contribution in [3.8, 4) is 0 Å². The number of alkyl halides is 5. The van der Waals surface area contributed by atoms with E-state index in [0.29, 0.717) is 0 Å². The zero-order valence-electron chi connectivity index (χ0n) is 11.9. The van der Waals surface area contributed by atoms with Gasteiger partial charge in [-0.15, -0.1) is 0 Å². The first-order chi connectivity index (χ1) is 10.0. The fraction of sp³-hybridized carbons (Fsp3) is 0.533. The first kappa shape index (κ1) is 16.7. The number of hydrogen-bond donors (Lipinski definition) is 1. The van der Waals surface area contributed by atoms with Gasteiger partial charge >= 0.3 is 6.18 Å². The molecule has 1 aliphatic rings. The van der Waals surface area contributed by atoms with Gasteiger partial charge in [0.05, 0.1) is 5.56 Å². The highest BCUT2D eigenvalue weighted by Gasteiger charge is 2.39.